The summed E-state index contributed by atoms with van der Waals surface area (Å²) in [5, 5.41) is 5.42. The zero-order valence-corrected chi connectivity index (χ0v) is 16.1. The van der Waals surface area contributed by atoms with Gasteiger partial charge in [-0.1, -0.05) is 0 Å². The number of amides is 2. The minimum atomic E-state index is -0.304. The van der Waals surface area contributed by atoms with E-state index in [1.165, 1.54) is 7.11 Å². The van der Waals surface area contributed by atoms with Crippen LogP contribution < -0.4 is 20.1 Å². The lowest BCUT2D eigenvalue weighted by atomic mass is 10.2. The highest BCUT2D eigenvalue weighted by molar-refractivity contribution is 9.10. The maximum absolute atomic E-state index is 12.3. The molecule has 1 heterocycles. The van der Waals surface area contributed by atoms with Gasteiger partial charge < -0.3 is 20.1 Å². The number of halogens is 1. The minimum Gasteiger partial charge on any atom is -0.493 e. The van der Waals surface area contributed by atoms with Crippen molar-refractivity contribution in [1.82, 2.24) is 10.3 Å². The smallest absolute Gasteiger partial charge is 0.251 e. The lowest BCUT2D eigenvalue weighted by Gasteiger charge is -2.13. The van der Waals surface area contributed by atoms with Crippen LogP contribution in [0.2, 0.25) is 0 Å². The topological polar surface area (TPSA) is 89.5 Å². The molecule has 1 aromatic heterocycles. The van der Waals surface area contributed by atoms with Gasteiger partial charge in [-0.3, -0.25) is 14.6 Å². The van der Waals surface area contributed by atoms with Crippen LogP contribution in [0, 0.1) is 0 Å². The Bertz CT molecular complexity index is 769. The van der Waals surface area contributed by atoms with E-state index < -0.39 is 0 Å². The van der Waals surface area contributed by atoms with Gasteiger partial charge in [0.1, 0.15) is 0 Å². The molecule has 0 aliphatic rings. The fourth-order valence-corrected chi connectivity index (χ4v) is 2.74. The molecule has 2 aromatic rings. The van der Waals surface area contributed by atoms with Gasteiger partial charge in [-0.05, 0) is 47.1 Å². The molecule has 0 saturated carbocycles. The molecule has 138 valence electrons. The van der Waals surface area contributed by atoms with Gasteiger partial charge >= 0.3 is 0 Å². The van der Waals surface area contributed by atoms with Gasteiger partial charge in [0.05, 0.1) is 30.1 Å². The Labute approximate surface area is 160 Å². The SMILES string of the molecule is CCOc1c(Br)cc(C(=O)NCCC(=O)Nc2cccnc2)cc1OC. The molecule has 7 nitrogen and oxygen atoms in total. The van der Waals surface area contributed by atoms with Crippen molar-refractivity contribution in [3.63, 3.8) is 0 Å². The van der Waals surface area contributed by atoms with Gasteiger partial charge in [-0.15, -0.1) is 0 Å². The number of nitrogens with zero attached hydrogens (tertiary/aromatic N) is 1. The molecule has 0 spiro atoms. The van der Waals surface area contributed by atoms with E-state index >= 15 is 0 Å². The van der Waals surface area contributed by atoms with E-state index in [0.29, 0.717) is 33.8 Å². The van der Waals surface area contributed by atoms with Crippen LogP contribution in [0.3, 0.4) is 0 Å². The highest BCUT2D eigenvalue weighted by atomic mass is 79.9. The molecule has 0 radical (unpaired) electrons. The van der Waals surface area contributed by atoms with Crippen LogP contribution in [0.5, 0.6) is 11.5 Å². The second-order valence-electron chi connectivity index (χ2n) is 5.22. The predicted octanol–water partition coefficient (Wildman–Crippen LogP) is 3.01. The first-order valence-electron chi connectivity index (χ1n) is 8.03. The predicted molar refractivity (Wildman–Crippen MR) is 102 cm³/mol. The summed E-state index contributed by atoms with van der Waals surface area (Å²) in [5.74, 6) is 0.494. The molecular weight excluding hydrogens is 402 g/mol. The van der Waals surface area contributed by atoms with E-state index in [-0.39, 0.29) is 24.8 Å². The quantitative estimate of drug-likeness (QED) is 0.683. The molecule has 2 rings (SSSR count). The van der Waals surface area contributed by atoms with Crippen LogP contribution in [0.4, 0.5) is 5.69 Å². The first-order chi connectivity index (χ1) is 12.5. The number of methoxy groups -OCH3 is 1. The maximum atomic E-state index is 12.3. The highest BCUT2D eigenvalue weighted by Gasteiger charge is 2.15. The minimum absolute atomic E-state index is 0.149. The van der Waals surface area contributed by atoms with Crippen molar-refractivity contribution in [1.29, 1.82) is 0 Å². The number of carbonyl (C=O) groups is 2. The summed E-state index contributed by atoms with van der Waals surface area (Å²) in [7, 11) is 1.51. The van der Waals surface area contributed by atoms with E-state index in [2.05, 4.69) is 31.5 Å². The van der Waals surface area contributed by atoms with Gasteiger partial charge in [0, 0.05) is 24.7 Å². The number of pyridine rings is 1. The molecule has 26 heavy (non-hydrogen) atoms. The molecular formula is C18H20BrN3O4. The second-order valence-corrected chi connectivity index (χ2v) is 6.07. The molecule has 0 saturated heterocycles. The summed E-state index contributed by atoms with van der Waals surface area (Å²) in [6.07, 6.45) is 3.33. The third-order valence-corrected chi connectivity index (χ3v) is 3.95. The monoisotopic (exact) mass is 421 g/mol. The molecule has 0 bridgehead atoms. The number of benzene rings is 1. The Morgan fingerprint density at radius 2 is 2.12 bits per heavy atom. The largest absolute Gasteiger partial charge is 0.493 e. The van der Waals surface area contributed by atoms with Gasteiger partial charge in [-0.2, -0.15) is 0 Å². The summed E-state index contributed by atoms with van der Waals surface area (Å²) >= 11 is 3.38. The lowest BCUT2D eigenvalue weighted by molar-refractivity contribution is -0.116. The van der Waals surface area contributed by atoms with Crippen molar-refractivity contribution in [2.24, 2.45) is 0 Å². The van der Waals surface area contributed by atoms with E-state index in [1.54, 1.807) is 36.7 Å². The zero-order valence-electron chi connectivity index (χ0n) is 14.5. The number of hydrogen-bond acceptors (Lipinski definition) is 5. The summed E-state index contributed by atoms with van der Waals surface area (Å²) in [4.78, 5) is 28.1. The van der Waals surface area contributed by atoms with E-state index in [0.717, 1.165) is 0 Å². The molecule has 2 N–H and O–H groups in total. The first-order valence-corrected chi connectivity index (χ1v) is 8.82. The number of nitrogens with one attached hydrogen (secondary N) is 2. The van der Waals surface area contributed by atoms with Crippen molar-refractivity contribution in [3.8, 4) is 11.5 Å². The normalized spacial score (nSPS) is 10.1. The Morgan fingerprint density at radius 3 is 2.77 bits per heavy atom. The Balaban J connectivity index is 1.91. The average Bonchev–Trinajstić information content (AvgIpc) is 2.64. The summed E-state index contributed by atoms with van der Waals surface area (Å²) in [6, 6.07) is 6.72. The van der Waals surface area contributed by atoms with Crippen LogP contribution >= 0.6 is 15.9 Å². The third kappa shape index (κ3) is 5.45. The summed E-state index contributed by atoms with van der Waals surface area (Å²) < 4.78 is 11.4. The summed E-state index contributed by atoms with van der Waals surface area (Å²) in [6.45, 7) is 2.55. The van der Waals surface area contributed by atoms with Crippen LogP contribution in [0.15, 0.2) is 41.1 Å². The van der Waals surface area contributed by atoms with Gasteiger partial charge in [0.2, 0.25) is 5.91 Å². The molecule has 1 aromatic carbocycles. The lowest BCUT2D eigenvalue weighted by Crippen LogP contribution is -2.27. The zero-order chi connectivity index (χ0) is 18.9. The Hall–Kier alpha value is -2.61. The number of rotatable bonds is 8. The van der Waals surface area contributed by atoms with Crippen molar-refractivity contribution in [3.05, 3.63) is 46.7 Å². The fraction of sp³-hybridized carbons (Fsp3) is 0.278. The molecule has 0 atom stereocenters. The maximum Gasteiger partial charge on any atom is 0.251 e. The number of aromatic nitrogens is 1. The van der Waals surface area contributed by atoms with E-state index in [4.69, 9.17) is 9.47 Å². The molecule has 8 heteroatoms. The van der Waals surface area contributed by atoms with E-state index in [9.17, 15) is 9.59 Å². The summed E-state index contributed by atoms with van der Waals surface area (Å²) in [5.41, 5.74) is 1.02. The van der Waals surface area contributed by atoms with Gasteiger partial charge in [0.15, 0.2) is 11.5 Å². The first kappa shape index (κ1) is 19.7. The molecule has 0 aliphatic heterocycles. The van der Waals surface area contributed by atoms with Crippen molar-refractivity contribution in [2.75, 3.05) is 25.6 Å². The van der Waals surface area contributed by atoms with Crippen LogP contribution in [0.1, 0.15) is 23.7 Å². The standard InChI is InChI=1S/C18H20BrN3O4/c1-3-26-17-14(19)9-12(10-15(17)25-2)18(24)21-8-6-16(23)22-13-5-4-7-20-11-13/h4-5,7,9-11H,3,6,8H2,1-2H3,(H,21,24)(H,22,23). The van der Waals surface area contributed by atoms with Crippen LogP contribution in [-0.2, 0) is 4.79 Å². The molecule has 0 aliphatic carbocycles. The molecule has 2 amide bonds. The number of carbonyl (C=O) groups excluding carboxylic acids is 2. The van der Waals surface area contributed by atoms with Gasteiger partial charge in [-0.25, -0.2) is 0 Å². The van der Waals surface area contributed by atoms with Crippen LogP contribution in [-0.4, -0.2) is 37.1 Å². The van der Waals surface area contributed by atoms with Gasteiger partial charge in [0.25, 0.3) is 5.91 Å². The van der Waals surface area contributed by atoms with Crippen molar-refractivity contribution in [2.45, 2.75) is 13.3 Å². The number of ether oxygens (including phenoxy) is 2. The van der Waals surface area contributed by atoms with Crippen molar-refractivity contribution >= 4 is 33.4 Å². The molecule has 0 fully saturated rings. The second kappa shape index (κ2) is 9.76. The average molecular weight is 422 g/mol. The molecule has 0 unspecified atom stereocenters. The number of anilines is 1. The fourth-order valence-electron chi connectivity index (χ4n) is 2.19. The van der Waals surface area contributed by atoms with Crippen LogP contribution in [0.25, 0.3) is 0 Å². The Morgan fingerprint density at radius 1 is 1.31 bits per heavy atom. The Kier molecular flexibility index (Phi) is 7.40. The van der Waals surface area contributed by atoms with E-state index in [1.807, 2.05) is 6.92 Å². The van der Waals surface area contributed by atoms with Crippen molar-refractivity contribution < 1.29 is 19.1 Å². The highest BCUT2D eigenvalue weighted by Crippen LogP contribution is 2.36. The number of hydrogen-bond donors (Lipinski definition) is 2. The third-order valence-electron chi connectivity index (χ3n) is 3.36.